The van der Waals surface area contributed by atoms with Crippen LogP contribution in [-0.4, -0.2) is 28.8 Å². The molecule has 0 aliphatic carbocycles. The highest BCUT2D eigenvalue weighted by molar-refractivity contribution is 6.31. The van der Waals surface area contributed by atoms with E-state index in [0.717, 1.165) is 17.5 Å². The molecule has 2 aromatic rings. The van der Waals surface area contributed by atoms with Crippen molar-refractivity contribution in [1.82, 2.24) is 10.2 Å². The van der Waals surface area contributed by atoms with Gasteiger partial charge in [0.25, 0.3) is 0 Å². The summed E-state index contributed by atoms with van der Waals surface area (Å²) in [6, 6.07) is 16.6. The van der Waals surface area contributed by atoms with Crippen LogP contribution in [0.3, 0.4) is 0 Å². The smallest absolute Gasteiger partial charge is 0.243 e. The number of hydrogen-bond donors (Lipinski definition) is 1. The molecule has 0 aliphatic rings. The molecule has 2 atom stereocenters. The van der Waals surface area contributed by atoms with E-state index in [1.54, 1.807) is 11.0 Å². The average molecular weight is 401 g/mol. The molecule has 0 radical (unpaired) electrons. The lowest BCUT2D eigenvalue weighted by atomic mass is 10.1. The second-order valence-corrected chi connectivity index (χ2v) is 7.42. The number of halogens is 1. The van der Waals surface area contributed by atoms with Crippen molar-refractivity contribution >= 4 is 23.4 Å². The number of benzene rings is 2. The van der Waals surface area contributed by atoms with Crippen LogP contribution in [0.1, 0.15) is 44.7 Å². The fourth-order valence-electron chi connectivity index (χ4n) is 3.04. The van der Waals surface area contributed by atoms with Crippen LogP contribution in [0.5, 0.6) is 0 Å². The second kappa shape index (κ2) is 10.9. The third kappa shape index (κ3) is 6.10. The fraction of sp³-hybridized carbons (Fsp3) is 0.391. The van der Waals surface area contributed by atoms with E-state index in [4.69, 9.17) is 11.6 Å². The van der Waals surface area contributed by atoms with Crippen molar-refractivity contribution in [3.05, 3.63) is 70.7 Å². The molecule has 0 spiro atoms. The third-order valence-corrected chi connectivity index (χ3v) is 5.25. The topological polar surface area (TPSA) is 49.4 Å². The standard InChI is InChI=1S/C23H29ClN2O2/c1-4-17(3)25-23(28)21(5-2)26(16-19-13-9-10-14-20(19)24)22(27)15-18-11-7-6-8-12-18/h6-14,17,21H,4-5,15-16H2,1-3H3,(H,25,28)/t17-,21-/m0/s1. The molecule has 0 bridgehead atoms. The van der Waals surface area contributed by atoms with Crippen molar-refractivity contribution in [3.8, 4) is 0 Å². The first-order chi connectivity index (χ1) is 13.5. The van der Waals surface area contributed by atoms with E-state index in [9.17, 15) is 9.59 Å². The second-order valence-electron chi connectivity index (χ2n) is 7.02. The van der Waals surface area contributed by atoms with Crippen molar-refractivity contribution in [2.45, 2.75) is 58.7 Å². The predicted octanol–water partition coefficient (Wildman–Crippen LogP) is 4.60. The van der Waals surface area contributed by atoms with Gasteiger partial charge in [-0.25, -0.2) is 0 Å². The number of carbonyl (C=O) groups excluding carboxylic acids is 2. The van der Waals surface area contributed by atoms with E-state index in [2.05, 4.69) is 5.32 Å². The molecule has 0 aromatic heterocycles. The molecule has 0 saturated carbocycles. The van der Waals surface area contributed by atoms with E-state index in [0.29, 0.717) is 18.0 Å². The van der Waals surface area contributed by atoms with Gasteiger partial charge in [-0.15, -0.1) is 0 Å². The number of hydrogen-bond acceptors (Lipinski definition) is 2. The molecule has 5 heteroatoms. The Hall–Kier alpha value is -2.33. The van der Waals surface area contributed by atoms with E-state index in [1.807, 2.05) is 69.3 Å². The Morgan fingerprint density at radius 2 is 1.64 bits per heavy atom. The van der Waals surface area contributed by atoms with Gasteiger partial charge < -0.3 is 10.2 Å². The molecule has 28 heavy (non-hydrogen) atoms. The summed E-state index contributed by atoms with van der Waals surface area (Å²) in [7, 11) is 0. The molecule has 2 aromatic carbocycles. The third-order valence-electron chi connectivity index (χ3n) is 4.88. The highest BCUT2D eigenvalue weighted by Crippen LogP contribution is 2.20. The Kier molecular flexibility index (Phi) is 8.52. The summed E-state index contributed by atoms with van der Waals surface area (Å²) in [6.07, 6.45) is 1.62. The van der Waals surface area contributed by atoms with E-state index in [1.165, 1.54) is 0 Å². The maximum atomic E-state index is 13.2. The van der Waals surface area contributed by atoms with Gasteiger partial charge in [0.05, 0.1) is 6.42 Å². The zero-order chi connectivity index (χ0) is 20.5. The van der Waals surface area contributed by atoms with Gasteiger partial charge in [0, 0.05) is 17.6 Å². The predicted molar refractivity (Wildman–Crippen MR) is 114 cm³/mol. The van der Waals surface area contributed by atoms with Crippen molar-refractivity contribution in [2.75, 3.05) is 0 Å². The Bertz CT molecular complexity index is 779. The lowest BCUT2D eigenvalue weighted by molar-refractivity contribution is -0.141. The van der Waals surface area contributed by atoms with Crippen molar-refractivity contribution in [2.24, 2.45) is 0 Å². The number of rotatable bonds is 9. The maximum absolute atomic E-state index is 13.2. The molecule has 0 saturated heterocycles. The highest BCUT2D eigenvalue weighted by Gasteiger charge is 2.29. The number of carbonyl (C=O) groups is 2. The Balaban J connectivity index is 2.29. The van der Waals surface area contributed by atoms with Crippen LogP contribution in [0, 0.1) is 0 Å². The molecule has 2 rings (SSSR count). The van der Waals surface area contributed by atoms with Gasteiger partial charge in [0.2, 0.25) is 11.8 Å². The van der Waals surface area contributed by atoms with Crippen LogP contribution in [0.25, 0.3) is 0 Å². The number of nitrogens with zero attached hydrogens (tertiary/aromatic N) is 1. The highest BCUT2D eigenvalue weighted by atomic mass is 35.5. The summed E-state index contributed by atoms with van der Waals surface area (Å²) in [5.74, 6) is -0.206. The number of nitrogens with one attached hydrogen (secondary N) is 1. The summed E-state index contributed by atoms with van der Waals surface area (Å²) in [5.41, 5.74) is 1.76. The molecular weight excluding hydrogens is 372 g/mol. The minimum atomic E-state index is -0.540. The zero-order valence-electron chi connectivity index (χ0n) is 16.8. The average Bonchev–Trinajstić information content (AvgIpc) is 2.69. The summed E-state index contributed by atoms with van der Waals surface area (Å²) in [4.78, 5) is 27.7. The first-order valence-corrected chi connectivity index (χ1v) is 10.2. The van der Waals surface area contributed by atoms with Gasteiger partial charge in [0.1, 0.15) is 6.04 Å². The van der Waals surface area contributed by atoms with E-state index in [-0.39, 0.29) is 24.3 Å². The lowest BCUT2D eigenvalue weighted by Crippen LogP contribution is -2.51. The van der Waals surface area contributed by atoms with E-state index < -0.39 is 6.04 Å². The van der Waals surface area contributed by atoms with Crippen molar-refractivity contribution in [3.63, 3.8) is 0 Å². The number of amides is 2. The normalized spacial score (nSPS) is 12.9. The van der Waals surface area contributed by atoms with Crippen LogP contribution in [0.2, 0.25) is 5.02 Å². The Labute approximate surface area is 172 Å². The molecule has 4 nitrogen and oxygen atoms in total. The minimum Gasteiger partial charge on any atom is -0.352 e. The zero-order valence-corrected chi connectivity index (χ0v) is 17.6. The van der Waals surface area contributed by atoms with Gasteiger partial charge in [-0.1, -0.05) is 74.0 Å². The first kappa shape index (κ1) is 22.0. The first-order valence-electron chi connectivity index (χ1n) is 9.83. The molecule has 2 amide bonds. The maximum Gasteiger partial charge on any atom is 0.243 e. The summed E-state index contributed by atoms with van der Waals surface area (Å²) >= 11 is 6.33. The van der Waals surface area contributed by atoms with Crippen LogP contribution in [0.15, 0.2) is 54.6 Å². The summed E-state index contributed by atoms with van der Waals surface area (Å²) in [5, 5.41) is 3.61. The van der Waals surface area contributed by atoms with Gasteiger partial charge in [-0.2, -0.15) is 0 Å². The quantitative estimate of drug-likeness (QED) is 0.668. The van der Waals surface area contributed by atoms with Crippen LogP contribution in [0.4, 0.5) is 0 Å². The molecule has 0 aliphatic heterocycles. The van der Waals surface area contributed by atoms with Crippen LogP contribution < -0.4 is 5.32 Å². The van der Waals surface area contributed by atoms with Crippen molar-refractivity contribution in [1.29, 1.82) is 0 Å². The Morgan fingerprint density at radius 3 is 2.25 bits per heavy atom. The molecule has 0 unspecified atom stereocenters. The van der Waals surface area contributed by atoms with Gasteiger partial charge >= 0.3 is 0 Å². The summed E-state index contributed by atoms with van der Waals surface area (Å²) < 4.78 is 0. The van der Waals surface area contributed by atoms with Gasteiger partial charge in [-0.3, -0.25) is 9.59 Å². The van der Waals surface area contributed by atoms with Crippen LogP contribution in [-0.2, 0) is 22.6 Å². The van der Waals surface area contributed by atoms with Gasteiger partial charge in [0.15, 0.2) is 0 Å². The summed E-state index contributed by atoms with van der Waals surface area (Å²) in [6.45, 7) is 6.22. The van der Waals surface area contributed by atoms with E-state index >= 15 is 0 Å². The SMILES string of the molecule is CC[C@H](C)NC(=O)[C@H](CC)N(Cc1ccccc1Cl)C(=O)Cc1ccccc1. The fourth-order valence-corrected chi connectivity index (χ4v) is 3.24. The monoisotopic (exact) mass is 400 g/mol. The van der Waals surface area contributed by atoms with Crippen molar-refractivity contribution < 1.29 is 9.59 Å². The lowest BCUT2D eigenvalue weighted by Gasteiger charge is -2.31. The van der Waals surface area contributed by atoms with Gasteiger partial charge in [-0.05, 0) is 37.0 Å². The van der Waals surface area contributed by atoms with Crippen LogP contribution >= 0.6 is 11.6 Å². The molecule has 1 N–H and O–H groups in total. The molecule has 0 heterocycles. The molecular formula is C23H29ClN2O2. The minimum absolute atomic E-state index is 0.0629. The largest absolute Gasteiger partial charge is 0.352 e. The Morgan fingerprint density at radius 1 is 1.00 bits per heavy atom. The molecule has 0 fully saturated rings. The molecule has 150 valence electrons.